The normalized spacial score (nSPS) is 17.1. The number of hydrazone groups is 1. The second-order valence-corrected chi connectivity index (χ2v) is 8.74. The van der Waals surface area contributed by atoms with Crippen LogP contribution in [0, 0.1) is 6.92 Å². The molecule has 1 aliphatic heterocycles. The molecule has 158 valence electrons. The lowest BCUT2D eigenvalue weighted by Gasteiger charge is -2.14. The van der Waals surface area contributed by atoms with E-state index in [2.05, 4.69) is 20.1 Å². The van der Waals surface area contributed by atoms with Crippen LogP contribution in [0.25, 0.3) is 0 Å². The molecule has 1 atom stereocenters. The summed E-state index contributed by atoms with van der Waals surface area (Å²) in [6.07, 6.45) is 0. The third-order valence-electron chi connectivity index (χ3n) is 4.32. The Labute approximate surface area is 179 Å². The van der Waals surface area contributed by atoms with Crippen LogP contribution >= 0.6 is 11.6 Å². The van der Waals surface area contributed by atoms with Crippen LogP contribution in [0.3, 0.4) is 0 Å². The summed E-state index contributed by atoms with van der Waals surface area (Å²) < 4.78 is 26.8. The first-order valence-corrected chi connectivity index (χ1v) is 10.9. The minimum atomic E-state index is -3.82. The number of hydrogen-bond donors (Lipinski definition) is 2. The second kappa shape index (κ2) is 9.00. The summed E-state index contributed by atoms with van der Waals surface area (Å²) in [7, 11) is -3.82. The van der Waals surface area contributed by atoms with E-state index in [1.165, 1.54) is 18.2 Å². The number of carbonyl (C=O) groups is 1. The van der Waals surface area contributed by atoms with Gasteiger partial charge in [-0.15, -0.1) is 0 Å². The number of carbonyl (C=O) groups excluding carboxylic acids is 1. The van der Waals surface area contributed by atoms with Crippen LogP contribution in [0.4, 0.5) is 11.4 Å². The molecule has 11 heteroatoms. The topological polar surface area (TPSA) is 124 Å². The average Bonchev–Trinajstić information content (AvgIpc) is 3.01. The van der Waals surface area contributed by atoms with Gasteiger partial charge in [-0.25, -0.2) is 13.1 Å². The van der Waals surface area contributed by atoms with Crippen molar-refractivity contribution in [3.05, 3.63) is 53.1 Å². The van der Waals surface area contributed by atoms with E-state index in [9.17, 15) is 13.2 Å². The minimum absolute atomic E-state index is 0.0477. The molecule has 2 aromatic rings. The molecule has 0 spiro atoms. The Morgan fingerprint density at radius 2 is 2.00 bits per heavy atom. The molecule has 1 amide bonds. The lowest BCUT2D eigenvalue weighted by molar-refractivity contribution is -0.117. The van der Waals surface area contributed by atoms with Gasteiger partial charge in [0.15, 0.2) is 6.04 Å². The third kappa shape index (κ3) is 4.73. The number of anilines is 1. The van der Waals surface area contributed by atoms with Crippen LogP contribution in [0.1, 0.15) is 12.5 Å². The lowest BCUT2D eigenvalue weighted by Crippen LogP contribution is -2.30. The molecular formula is C19H20ClN5O4S. The Morgan fingerprint density at radius 1 is 1.23 bits per heavy atom. The van der Waals surface area contributed by atoms with Crippen LogP contribution in [0.2, 0.25) is 5.02 Å². The van der Waals surface area contributed by atoms with Gasteiger partial charge >= 0.3 is 0 Å². The van der Waals surface area contributed by atoms with E-state index in [1.54, 1.807) is 31.2 Å². The zero-order valence-corrected chi connectivity index (χ0v) is 17.9. The Kier molecular flexibility index (Phi) is 6.61. The number of aliphatic hydroxyl groups excluding tert-OH is 1. The van der Waals surface area contributed by atoms with Crippen molar-refractivity contribution in [2.45, 2.75) is 24.8 Å². The van der Waals surface area contributed by atoms with E-state index in [0.717, 1.165) is 10.6 Å². The van der Waals surface area contributed by atoms with Crippen LogP contribution in [0.5, 0.6) is 0 Å². The summed E-state index contributed by atoms with van der Waals surface area (Å²) >= 11 is 6.08. The first-order valence-electron chi connectivity index (χ1n) is 8.99. The van der Waals surface area contributed by atoms with Crippen molar-refractivity contribution in [1.82, 2.24) is 4.72 Å². The average molecular weight is 450 g/mol. The first-order chi connectivity index (χ1) is 14.2. The molecule has 0 fully saturated rings. The molecule has 0 aromatic heterocycles. The van der Waals surface area contributed by atoms with Gasteiger partial charge < -0.3 is 5.11 Å². The predicted molar refractivity (Wildman–Crippen MR) is 114 cm³/mol. The zero-order chi connectivity index (χ0) is 21.9. The van der Waals surface area contributed by atoms with Crippen molar-refractivity contribution in [3.63, 3.8) is 0 Å². The summed E-state index contributed by atoms with van der Waals surface area (Å²) in [5.41, 5.74) is 2.11. The highest BCUT2D eigenvalue weighted by molar-refractivity contribution is 7.89. The first kappa shape index (κ1) is 22.0. The fourth-order valence-corrected chi connectivity index (χ4v) is 3.92. The molecule has 0 aliphatic carbocycles. The molecule has 0 bridgehead atoms. The molecule has 1 unspecified atom stereocenters. The van der Waals surface area contributed by atoms with Crippen molar-refractivity contribution in [1.29, 1.82) is 0 Å². The monoisotopic (exact) mass is 449 g/mol. The molecule has 9 nitrogen and oxygen atoms in total. The quantitative estimate of drug-likeness (QED) is 0.630. The number of benzene rings is 2. The number of hydrogen-bond acceptors (Lipinski definition) is 7. The summed E-state index contributed by atoms with van der Waals surface area (Å²) in [6.45, 7) is 3.07. The second-order valence-electron chi connectivity index (χ2n) is 6.56. The van der Waals surface area contributed by atoms with E-state index >= 15 is 0 Å². The number of azo groups is 1. The van der Waals surface area contributed by atoms with Gasteiger partial charge in [0.1, 0.15) is 0 Å². The maximum Gasteiger partial charge on any atom is 0.280 e. The van der Waals surface area contributed by atoms with E-state index in [1.807, 2.05) is 6.92 Å². The Balaban J connectivity index is 1.82. The van der Waals surface area contributed by atoms with Gasteiger partial charge in [-0.1, -0.05) is 23.7 Å². The van der Waals surface area contributed by atoms with E-state index in [4.69, 9.17) is 16.7 Å². The van der Waals surface area contributed by atoms with E-state index < -0.39 is 22.0 Å². The number of nitrogens with one attached hydrogen (secondary N) is 1. The number of aryl methyl sites for hydroxylation is 1. The molecule has 1 aliphatic rings. The number of rotatable bonds is 7. The van der Waals surface area contributed by atoms with Crippen molar-refractivity contribution >= 4 is 44.6 Å². The van der Waals surface area contributed by atoms with Crippen LogP contribution in [-0.4, -0.2) is 44.3 Å². The SMILES string of the molecule is CC1=NN(c2cccc(S(=O)(=O)NCCO)c2)C(=O)C1N=Nc1ccc(C)c(Cl)c1. The van der Waals surface area contributed by atoms with Gasteiger partial charge in [-0.2, -0.15) is 20.3 Å². The molecule has 0 radical (unpaired) electrons. The van der Waals surface area contributed by atoms with Crippen LogP contribution in [-0.2, 0) is 14.8 Å². The van der Waals surface area contributed by atoms with Crippen molar-refractivity contribution in [2.75, 3.05) is 18.2 Å². The number of amides is 1. The fourth-order valence-electron chi connectivity index (χ4n) is 2.69. The minimum Gasteiger partial charge on any atom is -0.395 e. The molecule has 3 rings (SSSR count). The summed E-state index contributed by atoms with van der Waals surface area (Å²) in [5, 5.41) is 22.9. The van der Waals surface area contributed by atoms with Crippen LogP contribution < -0.4 is 9.73 Å². The van der Waals surface area contributed by atoms with E-state index in [0.29, 0.717) is 16.4 Å². The van der Waals surface area contributed by atoms with Gasteiger partial charge in [0.05, 0.1) is 28.6 Å². The van der Waals surface area contributed by atoms with Crippen molar-refractivity contribution in [3.8, 4) is 0 Å². The maximum absolute atomic E-state index is 12.8. The lowest BCUT2D eigenvalue weighted by atomic mass is 10.2. The van der Waals surface area contributed by atoms with Crippen molar-refractivity contribution in [2.24, 2.45) is 15.3 Å². The Bertz CT molecular complexity index is 1130. The number of halogens is 1. The summed E-state index contributed by atoms with van der Waals surface area (Å²) in [4.78, 5) is 12.8. The van der Waals surface area contributed by atoms with E-state index in [-0.39, 0.29) is 23.7 Å². The fraction of sp³-hybridized carbons (Fsp3) is 0.263. The van der Waals surface area contributed by atoms with Crippen LogP contribution in [0.15, 0.2) is 62.7 Å². The largest absolute Gasteiger partial charge is 0.395 e. The number of aliphatic hydroxyl groups is 1. The Hall–Kier alpha value is -2.66. The Morgan fingerprint density at radius 3 is 2.70 bits per heavy atom. The molecular weight excluding hydrogens is 430 g/mol. The highest BCUT2D eigenvalue weighted by Crippen LogP contribution is 2.27. The number of nitrogens with zero attached hydrogens (tertiary/aromatic N) is 4. The third-order valence-corrected chi connectivity index (χ3v) is 6.18. The summed E-state index contributed by atoms with van der Waals surface area (Å²) in [6, 6.07) is 10.1. The van der Waals surface area contributed by atoms with Gasteiger partial charge in [-0.05, 0) is 49.7 Å². The molecule has 2 N–H and O–H groups in total. The van der Waals surface area contributed by atoms with Gasteiger partial charge in [0.2, 0.25) is 10.0 Å². The predicted octanol–water partition coefficient (Wildman–Crippen LogP) is 2.79. The maximum atomic E-state index is 12.8. The standard InChI is InChI=1S/C19H20ClN5O4S/c1-12-6-7-14(10-17(12)20)22-23-18-13(2)24-25(19(18)27)15-4-3-5-16(11-15)30(28,29)21-8-9-26/h3-7,10-11,18,21,26H,8-9H2,1-2H3. The van der Waals surface area contributed by atoms with Gasteiger partial charge in [0, 0.05) is 11.6 Å². The molecule has 2 aromatic carbocycles. The molecule has 0 saturated carbocycles. The molecule has 1 heterocycles. The zero-order valence-electron chi connectivity index (χ0n) is 16.3. The smallest absolute Gasteiger partial charge is 0.280 e. The van der Waals surface area contributed by atoms with Gasteiger partial charge in [0.25, 0.3) is 5.91 Å². The molecule has 0 saturated heterocycles. The number of sulfonamides is 1. The summed E-state index contributed by atoms with van der Waals surface area (Å²) in [5.74, 6) is -0.452. The highest BCUT2D eigenvalue weighted by atomic mass is 35.5. The van der Waals surface area contributed by atoms with Crippen molar-refractivity contribution < 1.29 is 18.3 Å². The highest BCUT2D eigenvalue weighted by Gasteiger charge is 2.35. The molecule has 30 heavy (non-hydrogen) atoms. The van der Waals surface area contributed by atoms with Gasteiger partial charge in [-0.3, -0.25) is 4.79 Å².